The molecule has 0 bridgehead atoms. The third-order valence-electron chi connectivity index (χ3n) is 4.80. The Balaban J connectivity index is 1.74. The van der Waals surface area contributed by atoms with Crippen LogP contribution in [0.15, 0.2) is 34.7 Å². The van der Waals surface area contributed by atoms with Gasteiger partial charge in [0.2, 0.25) is 15.9 Å². The number of hydrogen-bond acceptors (Lipinski definition) is 4. The first-order chi connectivity index (χ1) is 12.4. The average Bonchev–Trinajstić information content (AvgIpc) is 2.61. The lowest BCUT2D eigenvalue weighted by atomic mass is 9.97. The van der Waals surface area contributed by atoms with Crippen LogP contribution in [0.3, 0.4) is 0 Å². The number of nitrogens with zero attached hydrogens (tertiary/aromatic N) is 1. The molecule has 26 heavy (non-hydrogen) atoms. The molecule has 0 saturated carbocycles. The van der Waals surface area contributed by atoms with E-state index in [4.69, 9.17) is 4.74 Å². The normalized spacial score (nSPS) is 20.2. The minimum atomic E-state index is -3.63. The molecule has 142 valence electrons. The van der Waals surface area contributed by atoms with Crippen molar-refractivity contribution in [3.63, 3.8) is 0 Å². The van der Waals surface area contributed by atoms with Gasteiger partial charge in [-0.3, -0.25) is 4.79 Å². The first-order valence-electron chi connectivity index (χ1n) is 9.13. The highest BCUT2D eigenvalue weighted by Gasteiger charge is 2.27. The van der Waals surface area contributed by atoms with Gasteiger partial charge in [0.1, 0.15) is 11.9 Å². The first kappa shape index (κ1) is 18.9. The Kier molecular flexibility index (Phi) is 5.67. The van der Waals surface area contributed by atoms with Gasteiger partial charge in [-0.25, -0.2) is 13.1 Å². The molecule has 0 fully saturated rings. The molecule has 0 unspecified atom stereocenters. The summed E-state index contributed by atoms with van der Waals surface area (Å²) in [5, 5.41) is 0. The predicted molar refractivity (Wildman–Crippen MR) is 101 cm³/mol. The summed E-state index contributed by atoms with van der Waals surface area (Å²) in [7, 11) is -3.63. The van der Waals surface area contributed by atoms with E-state index in [-0.39, 0.29) is 16.9 Å². The Labute approximate surface area is 155 Å². The number of nitrogens with one attached hydrogen (secondary N) is 1. The molecule has 1 amide bonds. The third-order valence-corrected chi connectivity index (χ3v) is 6.26. The van der Waals surface area contributed by atoms with Crippen LogP contribution in [0.5, 0.6) is 5.75 Å². The molecule has 0 spiro atoms. The second-order valence-corrected chi connectivity index (χ2v) is 8.71. The second-order valence-electron chi connectivity index (χ2n) is 6.94. The van der Waals surface area contributed by atoms with Crippen LogP contribution in [0.4, 0.5) is 5.69 Å². The summed E-state index contributed by atoms with van der Waals surface area (Å²) < 4.78 is 33.6. The number of carbonyl (C=O) groups is 1. The van der Waals surface area contributed by atoms with Gasteiger partial charge in [0.05, 0.1) is 17.1 Å². The molecule has 0 saturated heterocycles. The van der Waals surface area contributed by atoms with Gasteiger partial charge >= 0.3 is 0 Å². The van der Waals surface area contributed by atoms with Crippen molar-refractivity contribution >= 4 is 21.6 Å². The number of fused-ring (bicyclic) bond motifs is 1. The summed E-state index contributed by atoms with van der Waals surface area (Å²) in [6.07, 6.45) is 7.39. The SMILES string of the molecule is CC(=O)N1C[C@@H](C)Oc2ccc(S(=O)(=O)NCCC3=CCCCC3)cc21. The van der Waals surface area contributed by atoms with Crippen LogP contribution in [0.1, 0.15) is 46.0 Å². The molecule has 7 heteroatoms. The van der Waals surface area contributed by atoms with E-state index in [1.165, 1.54) is 37.5 Å². The van der Waals surface area contributed by atoms with Gasteiger partial charge in [-0.1, -0.05) is 11.6 Å². The fourth-order valence-electron chi connectivity index (χ4n) is 3.44. The predicted octanol–water partition coefficient (Wildman–Crippen LogP) is 2.99. The van der Waals surface area contributed by atoms with E-state index in [2.05, 4.69) is 10.8 Å². The summed E-state index contributed by atoms with van der Waals surface area (Å²) in [6, 6.07) is 4.67. The number of amides is 1. The van der Waals surface area contributed by atoms with Gasteiger partial charge in [-0.05, 0) is 57.2 Å². The fraction of sp³-hybridized carbons (Fsp3) is 0.526. The standard InChI is InChI=1S/C19H26N2O4S/c1-14-13-21(15(2)22)18-12-17(8-9-19(18)25-14)26(23,24)20-11-10-16-6-4-3-5-7-16/h6,8-9,12,14,20H,3-5,7,10-11,13H2,1-2H3/t14-/m1/s1. The molecule has 1 aromatic rings. The Morgan fingerprint density at radius 3 is 2.85 bits per heavy atom. The van der Waals surface area contributed by atoms with Crippen molar-refractivity contribution in [2.45, 2.75) is 57.0 Å². The van der Waals surface area contributed by atoms with Gasteiger partial charge in [0.15, 0.2) is 0 Å². The number of carbonyl (C=O) groups excluding carboxylic acids is 1. The number of anilines is 1. The molecule has 1 heterocycles. The third kappa shape index (κ3) is 4.27. The number of hydrogen-bond donors (Lipinski definition) is 1. The van der Waals surface area contributed by atoms with Crippen LogP contribution in [0, 0.1) is 0 Å². The number of ether oxygens (including phenoxy) is 1. The van der Waals surface area contributed by atoms with E-state index in [1.807, 2.05) is 6.92 Å². The molecule has 0 aromatic heterocycles. The van der Waals surface area contributed by atoms with E-state index in [0.717, 1.165) is 19.3 Å². The Morgan fingerprint density at radius 1 is 1.35 bits per heavy atom. The van der Waals surface area contributed by atoms with Crippen LogP contribution in [0.2, 0.25) is 0 Å². The van der Waals surface area contributed by atoms with E-state index in [1.54, 1.807) is 11.0 Å². The zero-order chi connectivity index (χ0) is 18.7. The van der Waals surface area contributed by atoms with Gasteiger partial charge in [-0.2, -0.15) is 0 Å². The average molecular weight is 378 g/mol. The maximum Gasteiger partial charge on any atom is 0.240 e. The lowest BCUT2D eigenvalue weighted by molar-refractivity contribution is -0.117. The molecule has 1 N–H and O–H groups in total. The molecule has 1 aromatic carbocycles. The van der Waals surface area contributed by atoms with E-state index >= 15 is 0 Å². The number of benzene rings is 1. The summed E-state index contributed by atoms with van der Waals surface area (Å²) in [6.45, 7) is 4.15. The highest BCUT2D eigenvalue weighted by Crippen LogP contribution is 2.35. The summed E-state index contributed by atoms with van der Waals surface area (Å²) in [4.78, 5) is 13.6. The number of rotatable bonds is 5. The molecule has 2 aliphatic rings. The Morgan fingerprint density at radius 2 is 2.15 bits per heavy atom. The quantitative estimate of drug-likeness (QED) is 0.799. The van der Waals surface area contributed by atoms with Gasteiger partial charge in [-0.15, -0.1) is 0 Å². The molecule has 1 atom stereocenters. The maximum absolute atomic E-state index is 12.6. The van der Waals surface area contributed by atoms with Crippen molar-refractivity contribution in [1.82, 2.24) is 4.72 Å². The molecule has 3 rings (SSSR count). The molecule has 1 aliphatic heterocycles. The summed E-state index contributed by atoms with van der Waals surface area (Å²) in [5.74, 6) is 0.401. The van der Waals surface area contributed by atoms with Crippen LogP contribution in [0.25, 0.3) is 0 Å². The number of sulfonamides is 1. The largest absolute Gasteiger partial charge is 0.487 e. The first-order valence-corrected chi connectivity index (χ1v) is 10.6. The minimum Gasteiger partial charge on any atom is -0.487 e. The lowest BCUT2D eigenvalue weighted by Gasteiger charge is -2.33. The van der Waals surface area contributed by atoms with Crippen LogP contribution in [-0.4, -0.2) is 33.5 Å². The maximum atomic E-state index is 12.6. The van der Waals surface area contributed by atoms with E-state index in [9.17, 15) is 13.2 Å². The second kappa shape index (κ2) is 7.80. The Bertz CT molecular complexity index is 817. The highest BCUT2D eigenvalue weighted by atomic mass is 32.2. The molecule has 1 aliphatic carbocycles. The zero-order valence-corrected chi connectivity index (χ0v) is 16.1. The monoisotopic (exact) mass is 378 g/mol. The van der Waals surface area contributed by atoms with E-state index in [0.29, 0.717) is 24.5 Å². The van der Waals surface area contributed by atoms with Crippen LogP contribution >= 0.6 is 0 Å². The molecule has 0 radical (unpaired) electrons. The van der Waals surface area contributed by atoms with Gasteiger partial charge in [0.25, 0.3) is 0 Å². The Hall–Kier alpha value is -1.86. The zero-order valence-electron chi connectivity index (χ0n) is 15.3. The summed E-state index contributed by atoms with van der Waals surface area (Å²) in [5.41, 5.74) is 1.84. The summed E-state index contributed by atoms with van der Waals surface area (Å²) >= 11 is 0. The lowest BCUT2D eigenvalue weighted by Crippen LogP contribution is -2.41. The van der Waals surface area contributed by atoms with Gasteiger partial charge in [0, 0.05) is 13.5 Å². The minimum absolute atomic E-state index is 0.129. The van der Waals surface area contributed by atoms with Crippen molar-refractivity contribution in [2.75, 3.05) is 18.0 Å². The van der Waals surface area contributed by atoms with Crippen molar-refractivity contribution in [3.8, 4) is 5.75 Å². The van der Waals surface area contributed by atoms with Crippen LogP contribution < -0.4 is 14.4 Å². The topological polar surface area (TPSA) is 75.7 Å². The van der Waals surface area contributed by atoms with Crippen molar-refractivity contribution in [3.05, 3.63) is 29.8 Å². The van der Waals surface area contributed by atoms with Gasteiger partial charge < -0.3 is 9.64 Å². The van der Waals surface area contributed by atoms with Crippen molar-refractivity contribution in [1.29, 1.82) is 0 Å². The molecular weight excluding hydrogens is 352 g/mol. The van der Waals surface area contributed by atoms with Crippen molar-refractivity contribution < 1.29 is 17.9 Å². The smallest absolute Gasteiger partial charge is 0.240 e. The fourth-order valence-corrected chi connectivity index (χ4v) is 4.50. The highest BCUT2D eigenvalue weighted by molar-refractivity contribution is 7.89. The molecular formula is C19H26N2O4S. The van der Waals surface area contributed by atoms with Crippen LogP contribution in [-0.2, 0) is 14.8 Å². The van der Waals surface area contributed by atoms with Crippen molar-refractivity contribution in [2.24, 2.45) is 0 Å². The molecule has 6 nitrogen and oxygen atoms in total. The number of allylic oxidation sites excluding steroid dienone is 1. The van der Waals surface area contributed by atoms with E-state index < -0.39 is 10.0 Å².